The van der Waals surface area contributed by atoms with Gasteiger partial charge < -0.3 is 9.80 Å². The molecular formula is C20H30N2O. The van der Waals surface area contributed by atoms with Gasteiger partial charge in [0.1, 0.15) is 0 Å². The molecule has 2 aliphatic rings. The van der Waals surface area contributed by atoms with Crippen LogP contribution < -0.4 is 0 Å². The first-order valence-corrected chi connectivity index (χ1v) is 9.27. The van der Waals surface area contributed by atoms with Crippen molar-refractivity contribution < 1.29 is 4.79 Å². The van der Waals surface area contributed by atoms with Gasteiger partial charge in [-0.15, -0.1) is 0 Å². The third-order valence-corrected chi connectivity index (χ3v) is 5.69. The Labute approximate surface area is 140 Å². The first-order chi connectivity index (χ1) is 11.2. The lowest BCUT2D eigenvalue weighted by Gasteiger charge is -2.48. The van der Waals surface area contributed by atoms with Crippen LogP contribution >= 0.6 is 0 Å². The molecule has 2 fully saturated rings. The van der Waals surface area contributed by atoms with Crippen molar-refractivity contribution in [1.29, 1.82) is 0 Å². The Balaban J connectivity index is 1.94. The average molecular weight is 314 g/mol. The van der Waals surface area contributed by atoms with Crippen LogP contribution in [-0.2, 0) is 4.79 Å². The van der Waals surface area contributed by atoms with E-state index in [-0.39, 0.29) is 0 Å². The largest absolute Gasteiger partial charge is 0.338 e. The molecule has 0 aromatic heterocycles. The first kappa shape index (κ1) is 16.5. The van der Waals surface area contributed by atoms with Gasteiger partial charge in [-0.2, -0.15) is 0 Å². The number of likely N-dealkylation sites (N-methyl/N-ethyl adjacent to an activating group) is 1. The van der Waals surface area contributed by atoms with E-state index in [9.17, 15) is 4.79 Å². The number of amides is 1. The quantitative estimate of drug-likeness (QED) is 0.850. The molecule has 126 valence electrons. The lowest BCUT2D eigenvalue weighted by molar-refractivity contribution is -0.136. The van der Waals surface area contributed by atoms with Crippen LogP contribution in [0.5, 0.6) is 0 Å². The van der Waals surface area contributed by atoms with Gasteiger partial charge in [0.25, 0.3) is 0 Å². The van der Waals surface area contributed by atoms with Crippen LogP contribution in [-0.4, -0.2) is 47.9 Å². The number of likely N-dealkylation sites (tertiary alicyclic amines) is 2. The van der Waals surface area contributed by atoms with Crippen molar-refractivity contribution in [3.8, 4) is 0 Å². The van der Waals surface area contributed by atoms with Crippen LogP contribution in [0.1, 0.15) is 56.9 Å². The van der Waals surface area contributed by atoms with E-state index in [2.05, 4.69) is 54.1 Å². The van der Waals surface area contributed by atoms with E-state index in [4.69, 9.17) is 0 Å². The molecule has 0 radical (unpaired) electrons. The van der Waals surface area contributed by atoms with Gasteiger partial charge in [0.15, 0.2) is 0 Å². The van der Waals surface area contributed by atoms with Crippen molar-refractivity contribution in [1.82, 2.24) is 9.80 Å². The van der Waals surface area contributed by atoms with E-state index in [1.807, 2.05) is 0 Å². The molecule has 1 aromatic carbocycles. The first-order valence-electron chi connectivity index (χ1n) is 9.27. The highest BCUT2D eigenvalue weighted by Gasteiger charge is 2.42. The van der Waals surface area contributed by atoms with Gasteiger partial charge in [0.2, 0.25) is 5.91 Å². The number of benzene rings is 1. The fourth-order valence-electron chi connectivity index (χ4n) is 4.52. The number of rotatable bonds is 3. The summed E-state index contributed by atoms with van der Waals surface area (Å²) in [5, 5.41) is 0. The average Bonchev–Trinajstić information content (AvgIpc) is 2.80. The molecule has 23 heavy (non-hydrogen) atoms. The van der Waals surface area contributed by atoms with Crippen molar-refractivity contribution >= 4 is 5.91 Å². The van der Waals surface area contributed by atoms with E-state index in [1.165, 1.54) is 18.4 Å². The maximum Gasteiger partial charge on any atom is 0.222 e. The number of hydrogen-bond donors (Lipinski definition) is 0. The van der Waals surface area contributed by atoms with Crippen LogP contribution in [0, 0.1) is 0 Å². The maximum atomic E-state index is 12.8. The molecule has 1 amide bonds. The molecule has 2 saturated heterocycles. The second kappa shape index (κ2) is 7.48. The maximum absolute atomic E-state index is 12.8. The number of hydrogen-bond acceptors (Lipinski definition) is 2. The Morgan fingerprint density at radius 3 is 2.65 bits per heavy atom. The standard InChI is InChI=1S/C20H30N2O/c1-3-9-19(23)22-14-8-7-12-18-20(22)17(13-15-21(18)2)16-10-5-4-6-11-16/h4-6,10-11,17-18,20H,3,7-9,12-15H2,1-2H3/t17-,18-,20-/m1/s1. The monoisotopic (exact) mass is 314 g/mol. The molecule has 3 heteroatoms. The van der Waals surface area contributed by atoms with Crippen LogP contribution in [0.25, 0.3) is 0 Å². The Hall–Kier alpha value is -1.35. The zero-order valence-electron chi connectivity index (χ0n) is 14.6. The highest BCUT2D eigenvalue weighted by atomic mass is 16.2. The van der Waals surface area contributed by atoms with Gasteiger partial charge in [0.05, 0.1) is 6.04 Å². The minimum Gasteiger partial charge on any atom is -0.338 e. The van der Waals surface area contributed by atoms with Crippen molar-refractivity contribution in [3.63, 3.8) is 0 Å². The van der Waals surface area contributed by atoms with Crippen LogP contribution in [0.3, 0.4) is 0 Å². The van der Waals surface area contributed by atoms with Crippen LogP contribution in [0.2, 0.25) is 0 Å². The summed E-state index contributed by atoms with van der Waals surface area (Å²) in [5.41, 5.74) is 1.41. The van der Waals surface area contributed by atoms with E-state index >= 15 is 0 Å². The van der Waals surface area contributed by atoms with Crippen molar-refractivity contribution in [2.45, 2.75) is 63.5 Å². The van der Waals surface area contributed by atoms with Crippen molar-refractivity contribution in [3.05, 3.63) is 35.9 Å². The Morgan fingerprint density at radius 2 is 1.91 bits per heavy atom. The van der Waals surface area contributed by atoms with Gasteiger partial charge >= 0.3 is 0 Å². The molecular weight excluding hydrogens is 284 g/mol. The summed E-state index contributed by atoms with van der Waals surface area (Å²) >= 11 is 0. The topological polar surface area (TPSA) is 23.6 Å². The van der Waals surface area contributed by atoms with Gasteiger partial charge in [-0.3, -0.25) is 4.79 Å². The SMILES string of the molecule is CCCC(=O)N1CCCC[C@@H]2[C@H]1[C@@H](c1ccccc1)CCN2C. The highest BCUT2D eigenvalue weighted by Crippen LogP contribution is 2.38. The summed E-state index contributed by atoms with van der Waals surface area (Å²) in [4.78, 5) is 17.5. The molecule has 0 bridgehead atoms. The highest BCUT2D eigenvalue weighted by molar-refractivity contribution is 5.76. The molecule has 2 aliphatic heterocycles. The zero-order valence-corrected chi connectivity index (χ0v) is 14.6. The smallest absolute Gasteiger partial charge is 0.222 e. The summed E-state index contributed by atoms with van der Waals surface area (Å²) in [5.74, 6) is 0.844. The summed E-state index contributed by atoms with van der Waals surface area (Å²) < 4.78 is 0. The molecule has 0 unspecified atom stereocenters. The van der Waals surface area contributed by atoms with Gasteiger partial charge in [-0.25, -0.2) is 0 Å². The second-order valence-electron chi connectivity index (χ2n) is 7.18. The van der Waals surface area contributed by atoms with Crippen LogP contribution in [0.15, 0.2) is 30.3 Å². The second-order valence-corrected chi connectivity index (χ2v) is 7.18. The number of fused-ring (bicyclic) bond motifs is 1. The fourth-order valence-corrected chi connectivity index (χ4v) is 4.52. The van der Waals surface area contributed by atoms with Gasteiger partial charge in [-0.1, -0.05) is 43.7 Å². The van der Waals surface area contributed by atoms with Gasteiger partial charge in [0, 0.05) is 24.9 Å². The number of carbonyl (C=O) groups excluding carboxylic acids is 1. The lowest BCUT2D eigenvalue weighted by atomic mass is 9.79. The predicted molar refractivity (Wildman–Crippen MR) is 94.5 cm³/mol. The Morgan fingerprint density at radius 1 is 1.13 bits per heavy atom. The third kappa shape index (κ3) is 3.45. The Kier molecular flexibility index (Phi) is 5.37. The molecule has 1 aromatic rings. The minimum atomic E-state index is 0.345. The molecule has 0 spiro atoms. The Bertz CT molecular complexity index is 516. The molecule has 3 rings (SSSR count). The molecule has 0 N–H and O–H groups in total. The van der Waals surface area contributed by atoms with E-state index in [0.29, 0.717) is 30.3 Å². The predicted octanol–water partition coefficient (Wildman–Crippen LogP) is 3.66. The number of carbonyl (C=O) groups is 1. The number of nitrogens with zero attached hydrogens (tertiary/aromatic N) is 2. The minimum absolute atomic E-state index is 0.345. The summed E-state index contributed by atoms with van der Waals surface area (Å²) in [6, 6.07) is 11.7. The summed E-state index contributed by atoms with van der Waals surface area (Å²) in [7, 11) is 2.24. The number of piperidine rings is 1. The molecule has 0 aliphatic carbocycles. The van der Waals surface area contributed by atoms with Crippen LogP contribution in [0.4, 0.5) is 0 Å². The van der Waals surface area contributed by atoms with E-state index in [1.54, 1.807) is 0 Å². The van der Waals surface area contributed by atoms with Crippen molar-refractivity contribution in [2.75, 3.05) is 20.1 Å². The van der Waals surface area contributed by atoms with Crippen molar-refractivity contribution in [2.24, 2.45) is 0 Å². The fraction of sp³-hybridized carbons (Fsp3) is 0.650. The summed E-state index contributed by atoms with van der Waals surface area (Å²) in [6.45, 7) is 4.18. The zero-order chi connectivity index (χ0) is 16.2. The molecule has 3 nitrogen and oxygen atoms in total. The van der Waals surface area contributed by atoms with E-state index in [0.717, 1.165) is 32.4 Å². The normalized spacial score (nSPS) is 29.0. The van der Waals surface area contributed by atoms with E-state index < -0.39 is 0 Å². The third-order valence-electron chi connectivity index (χ3n) is 5.69. The molecule has 0 saturated carbocycles. The summed E-state index contributed by atoms with van der Waals surface area (Å²) in [6.07, 6.45) is 6.39. The lowest BCUT2D eigenvalue weighted by Crippen LogP contribution is -2.58. The molecule has 2 heterocycles. The molecule has 3 atom stereocenters. The van der Waals surface area contributed by atoms with Gasteiger partial charge in [-0.05, 0) is 44.8 Å².